The van der Waals surface area contributed by atoms with Gasteiger partial charge in [-0.05, 0) is 18.9 Å². The predicted molar refractivity (Wildman–Crippen MR) is 65.0 cm³/mol. The summed E-state index contributed by atoms with van der Waals surface area (Å²) >= 11 is 0. The van der Waals surface area contributed by atoms with Crippen molar-refractivity contribution in [1.82, 2.24) is 0 Å². The Morgan fingerprint density at radius 1 is 1.25 bits per heavy atom. The maximum Gasteiger partial charge on any atom is 0.320 e. The highest BCUT2D eigenvalue weighted by Crippen LogP contribution is 2.31. The van der Waals surface area contributed by atoms with Crippen LogP contribution in [0.5, 0.6) is 0 Å². The second-order valence-electron chi connectivity index (χ2n) is 4.44. The van der Waals surface area contributed by atoms with Crippen LogP contribution in [0.1, 0.15) is 19.8 Å². The molecule has 0 saturated carbocycles. The van der Waals surface area contributed by atoms with E-state index in [0.717, 1.165) is 45.3 Å². The molecule has 0 amide bonds. The fourth-order valence-corrected chi connectivity index (χ4v) is 2.92. The van der Waals surface area contributed by atoms with E-state index in [2.05, 4.69) is 6.92 Å². The average molecular weight is 248 g/mol. The number of hydrogen-bond acceptors (Lipinski definition) is 4. The zero-order valence-corrected chi connectivity index (χ0v) is 11.8. The Hall–Kier alpha value is 0.0569. The van der Waals surface area contributed by atoms with Gasteiger partial charge in [0.05, 0.1) is 19.8 Å². The van der Waals surface area contributed by atoms with Crippen molar-refractivity contribution in [2.24, 2.45) is 5.41 Å². The normalized spacial score (nSPS) is 18.8. The summed E-state index contributed by atoms with van der Waals surface area (Å²) in [4.78, 5) is 0. The molecule has 1 rings (SSSR count). The molecule has 1 heterocycles. The molecule has 4 nitrogen and oxygen atoms in total. The van der Waals surface area contributed by atoms with Crippen molar-refractivity contribution in [2.75, 3.05) is 40.6 Å². The molecule has 0 atom stereocenters. The lowest BCUT2D eigenvalue weighted by Gasteiger charge is -2.40. The van der Waals surface area contributed by atoms with Crippen LogP contribution in [0.4, 0.5) is 0 Å². The number of hydrogen-bond donors (Lipinski definition) is 0. The minimum absolute atomic E-state index is 0.305. The van der Waals surface area contributed by atoms with E-state index < -0.39 is 9.28 Å². The van der Waals surface area contributed by atoms with Crippen LogP contribution in [-0.4, -0.2) is 49.9 Å². The van der Waals surface area contributed by atoms with Crippen LogP contribution >= 0.6 is 0 Å². The van der Waals surface area contributed by atoms with Gasteiger partial charge in [-0.2, -0.15) is 0 Å². The van der Waals surface area contributed by atoms with Gasteiger partial charge in [0.15, 0.2) is 0 Å². The van der Waals surface area contributed by atoms with E-state index in [4.69, 9.17) is 18.3 Å². The van der Waals surface area contributed by atoms with Crippen LogP contribution in [0.15, 0.2) is 0 Å². The first-order valence-electron chi connectivity index (χ1n) is 5.97. The summed E-state index contributed by atoms with van der Waals surface area (Å²) in [6.45, 7) is 5.55. The summed E-state index contributed by atoms with van der Waals surface area (Å²) in [7, 11) is 2.06. The van der Waals surface area contributed by atoms with Crippen molar-refractivity contribution in [2.45, 2.75) is 25.8 Å². The topological polar surface area (TPSA) is 36.9 Å². The Bertz CT molecular complexity index is 175. The summed E-state index contributed by atoms with van der Waals surface area (Å²) in [5.74, 6) is 0. The molecule has 0 spiro atoms. The van der Waals surface area contributed by atoms with Gasteiger partial charge in [-0.1, -0.05) is 6.92 Å². The minimum Gasteiger partial charge on any atom is -0.400 e. The van der Waals surface area contributed by atoms with Gasteiger partial charge in [0.1, 0.15) is 0 Å². The van der Waals surface area contributed by atoms with Crippen LogP contribution in [0.25, 0.3) is 0 Å². The molecule has 1 aliphatic rings. The van der Waals surface area contributed by atoms with E-state index in [1.165, 1.54) is 0 Å². The van der Waals surface area contributed by atoms with Crippen LogP contribution in [-0.2, 0) is 18.3 Å². The molecule has 0 aliphatic carbocycles. The fraction of sp³-hybridized carbons (Fsp3) is 1.00. The van der Waals surface area contributed by atoms with E-state index in [9.17, 15) is 0 Å². The monoisotopic (exact) mass is 248 g/mol. The third-order valence-corrected chi connectivity index (χ3v) is 5.16. The molecule has 1 fully saturated rings. The summed E-state index contributed by atoms with van der Waals surface area (Å²) < 4.78 is 21.4. The van der Waals surface area contributed by atoms with Gasteiger partial charge in [0, 0.05) is 26.2 Å². The Balaban J connectivity index is 1.99. The molecule has 1 aliphatic heterocycles. The molecule has 5 heteroatoms. The number of ether oxygens (including phenoxy) is 2. The molecular weight excluding hydrogens is 224 g/mol. The number of rotatable bonds is 9. The molecule has 0 N–H and O–H groups in total. The van der Waals surface area contributed by atoms with Gasteiger partial charge in [0.25, 0.3) is 0 Å². The summed E-state index contributed by atoms with van der Waals surface area (Å²) in [6.07, 6.45) is 2.17. The Labute approximate surface area is 100 Å². The third kappa shape index (κ3) is 4.14. The highest BCUT2D eigenvalue weighted by Gasteiger charge is 2.36. The lowest BCUT2D eigenvalue weighted by molar-refractivity contribution is -0.150. The first-order chi connectivity index (χ1) is 7.76. The van der Waals surface area contributed by atoms with E-state index in [-0.39, 0.29) is 0 Å². The zero-order valence-electron chi connectivity index (χ0n) is 10.7. The second-order valence-corrected chi connectivity index (χ2v) is 6.82. The first-order valence-corrected chi connectivity index (χ1v) is 7.73. The largest absolute Gasteiger partial charge is 0.400 e. The molecule has 1 saturated heterocycles. The van der Waals surface area contributed by atoms with E-state index in [1.807, 2.05) is 0 Å². The van der Waals surface area contributed by atoms with Gasteiger partial charge < -0.3 is 18.3 Å². The van der Waals surface area contributed by atoms with Crippen molar-refractivity contribution < 1.29 is 18.3 Å². The lowest BCUT2D eigenvalue weighted by atomic mass is 9.84. The molecule has 0 aromatic heterocycles. The molecule has 96 valence electrons. The van der Waals surface area contributed by atoms with E-state index in [1.54, 1.807) is 14.2 Å². The van der Waals surface area contributed by atoms with Gasteiger partial charge in [-0.15, -0.1) is 0 Å². The van der Waals surface area contributed by atoms with Crippen LogP contribution in [0.3, 0.4) is 0 Å². The van der Waals surface area contributed by atoms with Gasteiger partial charge in [-0.25, -0.2) is 0 Å². The molecule has 16 heavy (non-hydrogen) atoms. The van der Waals surface area contributed by atoms with Crippen molar-refractivity contribution >= 4 is 9.28 Å². The van der Waals surface area contributed by atoms with Crippen molar-refractivity contribution in [1.29, 1.82) is 0 Å². The second kappa shape index (κ2) is 7.40. The van der Waals surface area contributed by atoms with Gasteiger partial charge in [0.2, 0.25) is 0 Å². The van der Waals surface area contributed by atoms with Crippen LogP contribution in [0, 0.1) is 5.41 Å². The summed E-state index contributed by atoms with van der Waals surface area (Å²) in [5.41, 5.74) is 0.305. The van der Waals surface area contributed by atoms with Crippen LogP contribution in [0.2, 0.25) is 6.04 Å². The summed E-state index contributed by atoms with van der Waals surface area (Å²) in [6, 6.07) is 1.02. The molecule has 0 aromatic carbocycles. The SMILES string of the molecule is CCC1(COCCC[SiH](OC)OC)COC1. The quantitative estimate of drug-likeness (QED) is 0.456. The lowest BCUT2D eigenvalue weighted by Crippen LogP contribution is -2.45. The van der Waals surface area contributed by atoms with Gasteiger partial charge in [-0.3, -0.25) is 0 Å². The molecule has 0 bridgehead atoms. The smallest absolute Gasteiger partial charge is 0.320 e. The summed E-state index contributed by atoms with van der Waals surface area (Å²) in [5, 5.41) is 0. The third-order valence-electron chi connectivity index (χ3n) is 3.23. The van der Waals surface area contributed by atoms with Crippen molar-refractivity contribution in [3.63, 3.8) is 0 Å². The maximum atomic E-state index is 5.70. The standard InChI is InChI=1S/C11H24O4Si/c1-4-11(9-15-10-11)8-14-6-5-7-16(12-2)13-3/h16H,4-10H2,1-3H3. The predicted octanol–water partition coefficient (Wildman–Crippen LogP) is 1.33. The Morgan fingerprint density at radius 3 is 2.38 bits per heavy atom. The van der Waals surface area contributed by atoms with Crippen molar-refractivity contribution in [3.8, 4) is 0 Å². The highest BCUT2D eigenvalue weighted by atomic mass is 28.3. The average Bonchev–Trinajstić information content (AvgIpc) is 2.26. The minimum atomic E-state index is -1.38. The van der Waals surface area contributed by atoms with E-state index >= 15 is 0 Å². The Morgan fingerprint density at radius 2 is 1.94 bits per heavy atom. The molecule has 0 radical (unpaired) electrons. The van der Waals surface area contributed by atoms with Crippen LogP contribution < -0.4 is 0 Å². The maximum absolute atomic E-state index is 5.70. The molecular formula is C11H24O4Si. The Kier molecular flexibility index (Phi) is 6.53. The van der Waals surface area contributed by atoms with Gasteiger partial charge >= 0.3 is 9.28 Å². The molecule has 0 unspecified atom stereocenters. The van der Waals surface area contributed by atoms with Crippen molar-refractivity contribution in [3.05, 3.63) is 0 Å². The zero-order chi connectivity index (χ0) is 11.9. The fourth-order valence-electron chi connectivity index (χ4n) is 1.75. The molecule has 0 aromatic rings. The highest BCUT2D eigenvalue weighted by molar-refractivity contribution is 6.44. The first kappa shape index (κ1) is 14.1. The van der Waals surface area contributed by atoms with E-state index in [0.29, 0.717) is 5.41 Å².